The van der Waals surface area contributed by atoms with Gasteiger partial charge in [-0.2, -0.15) is 13.2 Å². The first-order chi connectivity index (χ1) is 21.0. The van der Waals surface area contributed by atoms with E-state index in [1.54, 1.807) is 18.3 Å². The Hall–Kier alpha value is -3.45. The van der Waals surface area contributed by atoms with E-state index in [2.05, 4.69) is 32.0 Å². The predicted molar refractivity (Wildman–Crippen MR) is 168 cm³/mol. The first-order valence-corrected chi connectivity index (χ1v) is 15.3. The Morgan fingerprint density at radius 3 is 2.64 bits per heavy atom. The van der Waals surface area contributed by atoms with Crippen molar-refractivity contribution in [3.63, 3.8) is 0 Å². The van der Waals surface area contributed by atoms with E-state index in [4.69, 9.17) is 11.6 Å². The maximum Gasteiger partial charge on any atom is 0.413 e. The van der Waals surface area contributed by atoms with Crippen LogP contribution in [0.15, 0.2) is 75.1 Å². The smallest absolute Gasteiger partial charge is 0.345 e. The van der Waals surface area contributed by atoms with Gasteiger partial charge in [0.2, 0.25) is 0 Å². The molecule has 232 valence electrons. The Morgan fingerprint density at radius 1 is 1.11 bits per heavy atom. The van der Waals surface area contributed by atoms with Gasteiger partial charge in [0.25, 0.3) is 5.91 Å². The highest BCUT2D eigenvalue weighted by Crippen LogP contribution is 2.35. The van der Waals surface area contributed by atoms with Gasteiger partial charge in [0, 0.05) is 79.0 Å². The van der Waals surface area contributed by atoms with Crippen LogP contribution in [0.5, 0.6) is 0 Å². The standard InChI is InChI=1S/C34H37ClF3N5O/c1-22-4-5-25-17-29(10-11-32(22)35)40-19-26(25)7-6-24-16-28(20-39-23(24)2)33(44)41-30-9-8-27(31(18-30)34(36,37)38)21-43-14-12-42(3)13-15-43/h8-11,16,19-20,25,30H,4-5,12-15,17-18,21H2,1-3H3,(H,41,44). The molecule has 10 heteroatoms. The normalized spacial score (nSPS) is 23.2. The molecule has 4 aliphatic rings. The number of likely N-dealkylation sites (N-methyl/N-ethyl adjacent to an activating group) is 1. The van der Waals surface area contributed by atoms with Crippen LogP contribution in [0.4, 0.5) is 13.2 Å². The number of carbonyl (C=O) groups is 1. The molecule has 1 aromatic rings. The average molecular weight is 624 g/mol. The molecule has 3 heterocycles. The van der Waals surface area contributed by atoms with Gasteiger partial charge in [-0.15, -0.1) is 0 Å². The van der Waals surface area contributed by atoms with Gasteiger partial charge >= 0.3 is 6.18 Å². The fourth-order valence-electron chi connectivity index (χ4n) is 5.72. The number of alkyl halides is 3. The molecule has 5 rings (SSSR count). The summed E-state index contributed by atoms with van der Waals surface area (Å²) >= 11 is 6.37. The number of hydrogen-bond donors (Lipinski definition) is 1. The number of rotatable bonds is 4. The van der Waals surface area contributed by atoms with E-state index in [9.17, 15) is 18.0 Å². The first kappa shape index (κ1) is 32.0. The largest absolute Gasteiger partial charge is 0.413 e. The number of nitrogens with zero attached hydrogens (tertiary/aromatic N) is 4. The summed E-state index contributed by atoms with van der Waals surface area (Å²) in [6, 6.07) is 0.863. The van der Waals surface area contributed by atoms with Crippen LogP contribution >= 0.6 is 11.6 Å². The van der Waals surface area contributed by atoms with Gasteiger partial charge in [-0.1, -0.05) is 41.2 Å². The van der Waals surface area contributed by atoms with Crippen LogP contribution in [-0.2, 0) is 0 Å². The highest BCUT2D eigenvalue weighted by molar-refractivity contribution is 6.31. The van der Waals surface area contributed by atoms with Gasteiger partial charge < -0.3 is 10.2 Å². The lowest BCUT2D eigenvalue weighted by molar-refractivity contribution is -0.0956. The van der Waals surface area contributed by atoms with Gasteiger partial charge in [-0.3, -0.25) is 19.7 Å². The van der Waals surface area contributed by atoms with Crippen molar-refractivity contribution in [3.8, 4) is 11.8 Å². The number of aryl methyl sites for hydroxylation is 1. The number of aromatic nitrogens is 1. The van der Waals surface area contributed by atoms with E-state index in [0.717, 1.165) is 67.3 Å². The van der Waals surface area contributed by atoms with E-state index < -0.39 is 23.7 Å². The van der Waals surface area contributed by atoms with Gasteiger partial charge in [-0.25, -0.2) is 0 Å². The summed E-state index contributed by atoms with van der Waals surface area (Å²) < 4.78 is 42.2. The topological polar surface area (TPSA) is 60.8 Å². The van der Waals surface area contributed by atoms with Crippen LogP contribution in [-0.4, -0.2) is 78.4 Å². The van der Waals surface area contributed by atoms with Crippen LogP contribution in [0.2, 0.25) is 0 Å². The summed E-state index contributed by atoms with van der Waals surface area (Å²) in [4.78, 5) is 26.3. The molecular formula is C34H37ClF3N5O. The number of allylic oxidation sites excluding steroid dienone is 5. The molecule has 0 aromatic carbocycles. The maximum absolute atomic E-state index is 14.1. The zero-order valence-electron chi connectivity index (χ0n) is 25.3. The van der Waals surface area contributed by atoms with Crippen molar-refractivity contribution in [2.45, 2.75) is 51.7 Å². The highest BCUT2D eigenvalue weighted by atomic mass is 35.5. The molecule has 0 spiro atoms. The van der Waals surface area contributed by atoms with Crippen molar-refractivity contribution in [1.82, 2.24) is 20.1 Å². The minimum atomic E-state index is -4.48. The molecule has 1 N–H and O–H groups in total. The summed E-state index contributed by atoms with van der Waals surface area (Å²) in [5.74, 6) is 6.12. The molecule has 1 amide bonds. The maximum atomic E-state index is 14.1. The molecule has 2 aliphatic heterocycles. The molecule has 2 aliphatic carbocycles. The molecule has 0 radical (unpaired) electrons. The van der Waals surface area contributed by atoms with Crippen molar-refractivity contribution in [1.29, 1.82) is 0 Å². The van der Waals surface area contributed by atoms with Crippen molar-refractivity contribution in [2.75, 3.05) is 39.8 Å². The van der Waals surface area contributed by atoms with Gasteiger partial charge in [0.05, 0.1) is 17.3 Å². The fraction of sp³-hybridized carbons (Fsp3) is 0.441. The average Bonchev–Trinajstić information content (AvgIpc) is 3.04. The van der Waals surface area contributed by atoms with Crippen LogP contribution in [0.3, 0.4) is 0 Å². The minimum Gasteiger partial charge on any atom is -0.345 e. The van der Waals surface area contributed by atoms with Crippen LogP contribution in [0.25, 0.3) is 0 Å². The number of amides is 1. The number of piperazine rings is 1. The van der Waals surface area contributed by atoms with E-state index in [0.29, 0.717) is 11.3 Å². The SMILES string of the molecule is CC1=C(Cl)C=CC2=NC=C(C#Cc3cc(C(=O)NC4C=CC(CN5CCN(C)CC5)=C(C(F)(F)F)C4)cnc3C)C(CC1)C2. The minimum absolute atomic E-state index is 0.201. The number of pyridine rings is 1. The van der Waals surface area contributed by atoms with Crippen molar-refractivity contribution in [3.05, 3.63) is 86.9 Å². The van der Waals surface area contributed by atoms with Crippen molar-refractivity contribution >= 4 is 23.2 Å². The molecule has 44 heavy (non-hydrogen) atoms. The third kappa shape index (κ3) is 7.98. The van der Waals surface area contributed by atoms with E-state index in [1.165, 1.54) is 12.3 Å². The fourth-order valence-corrected chi connectivity index (χ4v) is 5.87. The number of fused-ring (bicyclic) bond motifs is 2. The highest BCUT2D eigenvalue weighted by Gasteiger charge is 2.38. The second kappa shape index (κ2) is 13.7. The second-order valence-corrected chi connectivity index (χ2v) is 12.3. The third-order valence-corrected chi connectivity index (χ3v) is 9.09. The number of hydrogen-bond acceptors (Lipinski definition) is 5. The Labute approximate surface area is 262 Å². The van der Waals surface area contributed by atoms with E-state index in [1.807, 2.05) is 37.9 Å². The summed E-state index contributed by atoms with van der Waals surface area (Å²) in [5.41, 5.74) is 4.16. The molecule has 2 bridgehead atoms. The number of carbonyl (C=O) groups excluding carboxylic acids is 1. The summed E-state index contributed by atoms with van der Waals surface area (Å²) in [6.07, 6.45) is 7.98. The Morgan fingerprint density at radius 2 is 1.89 bits per heavy atom. The lowest BCUT2D eigenvalue weighted by atomic mass is 9.87. The molecule has 2 unspecified atom stereocenters. The summed E-state index contributed by atoms with van der Waals surface area (Å²) in [6.45, 7) is 7.18. The lowest BCUT2D eigenvalue weighted by Crippen LogP contribution is -2.45. The molecule has 1 saturated heterocycles. The molecule has 0 saturated carbocycles. The van der Waals surface area contributed by atoms with E-state index in [-0.39, 0.29) is 30.0 Å². The lowest BCUT2D eigenvalue weighted by Gasteiger charge is -2.34. The zero-order valence-corrected chi connectivity index (χ0v) is 26.0. The van der Waals surface area contributed by atoms with Gasteiger partial charge in [-0.05, 0) is 69.9 Å². The molecule has 2 atom stereocenters. The predicted octanol–water partition coefficient (Wildman–Crippen LogP) is 6.11. The summed E-state index contributed by atoms with van der Waals surface area (Å²) in [5, 5.41) is 3.50. The molecule has 6 nitrogen and oxygen atoms in total. The molecule has 1 fully saturated rings. The number of nitrogens with one attached hydrogen (secondary N) is 1. The number of halogens is 4. The monoisotopic (exact) mass is 623 g/mol. The van der Waals surface area contributed by atoms with Gasteiger partial charge in [0.1, 0.15) is 0 Å². The van der Waals surface area contributed by atoms with Crippen molar-refractivity contribution < 1.29 is 18.0 Å². The Kier molecular flexibility index (Phi) is 9.94. The third-order valence-electron chi connectivity index (χ3n) is 8.64. The first-order valence-electron chi connectivity index (χ1n) is 14.9. The quantitative estimate of drug-likeness (QED) is 0.411. The summed E-state index contributed by atoms with van der Waals surface area (Å²) in [7, 11) is 2.01. The van der Waals surface area contributed by atoms with Crippen molar-refractivity contribution in [2.24, 2.45) is 10.9 Å². The molecule has 1 aromatic heterocycles. The van der Waals surface area contributed by atoms with Crippen LogP contribution < -0.4 is 5.32 Å². The van der Waals surface area contributed by atoms with E-state index >= 15 is 0 Å². The molecular weight excluding hydrogens is 587 g/mol. The Balaban J connectivity index is 1.28. The van der Waals surface area contributed by atoms with Gasteiger partial charge in [0.15, 0.2) is 0 Å². The van der Waals surface area contributed by atoms with Crippen LogP contribution in [0, 0.1) is 24.7 Å². The van der Waals surface area contributed by atoms with Crippen LogP contribution in [0.1, 0.15) is 54.2 Å². The zero-order chi connectivity index (χ0) is 31.4. The number of aliphatic imine (C=N–C) groups is 1. The Bertz CT molecular complexity index is 1550. The second-order valence-electron chi connectivity index (χ2n) is 11.9.